The van der Waals surface area contributed by atoms with Crippen molar-refractivity contribution in [1.29, 1.82) is 0 Å². The summed E-state index contributed by atoms with van der Waals surface area (Å²) < 4.78 is 82.6. The Morgan fingerprint density at radius 3 is 2.27 bits per heavy atom. The van der Waals surface area contributed by atoms with Crippen LogP contribution in [0.5, 0.6) is 5.75 Å². The highest BCUT2D eigenvalue weighted by atomic mass is 32.2. The number of aromatic carboxylic acids is 1. The van der Waals surface area contributed by atoms with Crippen molar-refractivity contribution in [3.63, 3.8) is 0 Å². The number of hydrogen-bond donors (Lipinski definition) is 1. The predicted molar refractivity (Wildman–Crippen MR) is 90.8 cm³/mol. The van der Waals surface area contributed by atoms with E-state index in [1.54, 1.807) is 0 Å². The van der Waals surface area contributed by atoms with E-state index in [0.29, 0.717) is 12.1 Å². The van der Waals surface area contributed by atoms with Crippen LogP contribution in [0.2, 0.25) is 0 Å². The van der Waals surface area contributed by atoms with Crippen LogP contribution in [0.3, 0.4) is 0 Å². The minimum Gasteiger partial charge on any atom is -0.478 e. The highest BCUT2D eigenvalue weighted by Crippen LogP contribution is 2.41. The Morgan fingerprint density at radius 1 is 1.17 bits per heavy atom. The number of nitro groups is 1. The Bertz CT molecular complexity index is 1280. The van der Waals surface area contributed by atoms with E-state index >= 15 is 0 Å². The third kappa shape index (κ3) is 3.63. The van der Waals surface area contributed by atoms with Gasteiger partial charge in [-0.05, 0) is 24.3 Å². The molecular formula is C16H7F4NO8S. The second kappa shape index (κ2) is 6.98. The molecule has 30 heavy (non-hydrogen) atoms. The number of carboxylic acid groups (broad SMARTS) is 1. The molecule has 3 aromatic rings. The van der Waals surface area contributed by atoms with Crippen LogP contribution in [0.1, 0.15) is 10.4 Å². The molecule has 1 N–H and O–H groups in total. The number of nitrogens with zero attached hydrogens (tertiary/aromatic N) is 1. The summed E-state index contributed by atoms with van der Waals surface area (Å²) in [5.41, 5.74) is -8.16. The normalized spacial score (nSPS) is 12.1. The van der Waals surface area contributed by atoms with Gasteiger partial charge in [-0.2, -0.15) is 21.6 Å². The maximum Gasteiger partial charge on any atom is 0.534 e. The van der Waals surface area contributed by atoms with Gasteiger partial charge in [-0.3, -0.25) is 10.1 Å². The first-order valence-electron chi connectivity index (χ1n) is 7.56. The van der Waals surface area contributed by atoms with Crippen molar-refractivity contribution in [2.24, 2.45) is 0 Å². The molecule has 0 aliphatic heterocycles. The van der Waals surface area contributed by atoms with Gasteiger partial charge in [0, 0.05) is 17.0 Å². The van der Waals surface area contributed by atoms with Gasteiger partial charge in [-0.15, -0.1) is 0 Å². The molecule has 0 aliphatic carbocycles. The monoisotopic (exact) mass is 449 g/mol. The standard InChI is InChI=1S/C16H7F4NO8S/c17-8-3-1-7(2-4-8)14-13(15(22)23)9-5-12(29-30(26,27)16(18,19)20)10(21(24)25)6-11(9)28-14/h1-6H,(H,22,23). The van der Waals surface area contributed by atoms with Crippen molar-refractivity contribution in [2.75, 3.05) is 0 Å². The zero-order valence-electron chi connectivity index (χ0n) is 14.1. The SMILES string of the molecule is O=C(O)c1c(-c2ccc(F)cc2)oc2cc([N+](=O)[O-])c(OS(=O)(=O)C(F)(F)F)cc12. The summed E-state index contributed by atoms with van der Waals surface area (Å²) in [6.07, 6.45) is 0. The molecule has 2 aromatic carbocycles. The van der Waals surface area contributed by atoms with Gasteiger partial charge in [0.2, 0.25) is 5.75 Å². The molecule has 0 radical (unpaired) electrons. The third-order valence-electron chi connectivity index (χ3n) is 3.77. The van der Waals surface area contributed by atoms with E-state index in [1.165, 1.54) is 0 Å². The van der Waals surface area contributed by atoms with Gasteiger partial charge in [-0.1, -0.05) is 0 Å². The number of alkyl halides is 3. The molecule has 0 saturated heterocycles. The average molecular weight is 449 g/mol. The number of carbonyl (C=O) groups is 1. The lowest BCUT2D eigenvalue weighted by Crippen LogP contribution is -2.28. The maximum atomic E-state index is 13.1. The second-order valence-electron chi connectivity index (χ2n) is 5.67. The molecular weight excluding hydrogens is 442 g/mol. The van der Waals surface area contributed by atoms with Crippen molar-refractivity contribution < 1.29 is 49.4 Å². The van der Waals surface area contributed by atoms with Crippen LogP contribution in [-0.2, 0) is 10.1 Å². The lowest BCUT2D eigenvalue weighted by Gasteiger charge is -2.09. The van der Waals surface area contributed by atoms with Crippen molar-refractivity contribution in [2.45, 2.75) is 5.51 Å². The number of carboxylic acids is 1. The van der Waals surface area contributed by atoms with Crippen LogP contribution in [-0.4, -0.2) is 29.9 Å². The van der Waals surface area contributed by atoms with Crippen molar-refractivity contribution >= 4 is 32.7 Å². The Labute approximate surface area is 163 Å². The molecule has 1 heterocycles. The number of benzene rings is 2. The van der Waals surface area contributed by atoms with Crippen LogP contribution in [0, 0.1) is 15.9 Å². The van der Waals surface area contributed by atoms with Gasteiger partial charge in [0.05, 0.1) is 11.0 Å². The summed E-state index contributed by atoms with van der Waals surface area (Å²) in [6.45, 7) is 0. The van der Waals surface area contributed by atoms with E-state index < -0.39 is 60.3 Å². The number of hydrogen-bond acceptors (Lipinski definition) is 7. The van der Waals surface area contributed by atoms with Gasteiger partial charge >= 0.3 is 27.3 Å². The Kier molecular flexibility index (Phi) is 4.90. The van der Waals surface area contributed by atoms with Gasteiger partial charge in [0.1, 0.15) is 22.7 Å². The zero-order valence-corrected chi connectivity index (χ0v) is 15.0. The molecule has 0 unspecified atom stereocenters. The van der Waals surface area contributed by atoms with Crippen molar-refractivity contribution in [3.05, 3.63) is 57.9 Å². The first-order valence-corrected chi connectivity index (χ1v) is 8.97. The smallest absolute Gasteiger partial charge is 0.478 e. The van der Waals surface area contributed by atoms with Crippen LogP contribution in [0.25, 0.3) is 22.3 Å². The summed E-state index contributed by atoms with van der Waals surface area (Å²) in [5, 5.41) is 20.2. The van der Waals surface area contributed by atoms with E-state index in [1.807, 2.05) is 0 Å². The summed E-state index contributed by atoms with van der Waals surface area (Å²) in [6, 6.07) is 5.19. The van der Waals surface area contributed by atoms with E-state index in [-0.39, 0.29) is 11.3 Å². The van der Waals surface area contributed by atoms with E-state index in [4.69, 9.17) is 4.42 Å². The topological polar surface area (TPSA) is 137 Å². The van der Waals surface area contributed by atoms with Gasteiger partial charge in [0.15, 0.2) is 0 Å². The fraction of sp³-hybridized carbons (Fsp3) is 0.0625. The molecule has 9 nitrogen and oxygen atoms in total. The first-order chi connectivity index (χ1) is 13.8. The number of rotatable bonds is 5. The van der Waals surface area contributed by atoms with Gasteiger partial charge in [-0.25, -0.2) is 9.18 Å². The Balaban J connectivity index is 2.30. The first kappa shape index (κ1) is 21.0. The second-order valence-corrected chi connectivity index (χ2v) is 7.21. The fourth-order valence-corrected chi connectivity index (χ4v) is 2.97. The third-order valence-corrected chi connectivity index (χ3v) is 4.74. The zero-order chi connectivity index (χ0) is 22.4. The fourth-order valence-electron chi connectivity index (χ4n) is 2.50. The van der Waals surface area contributed by atoms with Gasteiger partial charge < -0.3 is 13.7 Å². The highest BCUT2D eigenvalue weighted by Gasteiger charge is 2.49. The minimum atomic E-state index is -6.28. The van der Waals surface area contributed by atoms with Crippen LogP contribution >= 0.6 is 0 Å². The molecule has 0 saturated carbocycles. The number of fused-ring (bicyclic) bond motifs is 1. The molecule has 158 valence electrons. The predicted octanol–water partition coefficient (Wildman–Crippen LogP) is 4.07. The van der Waals surface area contributed by atoms with Crippen molar-refractivity contribution in [1.82, 2.24) is 0 Å². The summed E-state index contributed by atoms with van der Waals surface area (Å²) >= 11 is 0. The molecule has 3 rings (SSSR count). The molecule has 1 aromatic heterocycles. The number of halogens is 4. The Morgan fingerprint density at radius 2 is 1.77 bits per heavy atom. The summed E-state index contributed by atoms with van der Waals surface area (Å²) in [4.78, 5) is 21.7. The van der Waals surface area contributed by atoms with Crippen LogP contribution < -0.4 is 4.18 Å². The molecule has 0 atom stereocenters. The largest absolute Gasteiger partial charge is 0.534 e. The number of nitro benzene ring substituents is 1. The average Bonchev–Trinajstić information content (AvgIpc) is 2.98. The lowest BCUT2D eigenvalue weighted by atomic mass is 10.1. The maximum absolute atomic E-state index is 13.1. The Hall–Kier alpha value is -3.68. The molecule has 0 fully saturated rings. The van der Waals surface area contributed by atoms with E-state index in [9.17, 15) is 46.0 Å². The van der Waals surface area contributed by atoms with Crippen molar-refractivity contribution in [3.8, 4) is 17.1 Å². The highest BCUT2D eigenvalue weighted by molar-refractivity contribution is 7.88. The summed E-state index contributed by atoms with van der Waals surface area (Å²) in [7, 11) is -6.28. The molecule has 14 heteroatoms. The number of furan rings is 1. The lowest BCUT2D eigenvalue weighted by molar-refractivity contribution is -0.385. The van der Waals surface area contributed by atoms with Crippen LogP contribution in [0.4, 0.5) is 23.2 Å². The molecule has 0 spiro atoms. The van der Waals surface area contributed by atoms with E-state index in [2.05, 4.69) is 4.18 Å². The van der Waals surface area contributed by atoms with Gasteiger partial charge in [0.25, 0.3) is 0 Å². The quantitative estimate of drug-likeness (QED) is 0.202. The van der Waals surface area contributed by atoms with E-state index in [0.717, 1.165) is 24.3 Å². The molecule has 0 amide bonds. The summed E-state index contributed by atoms with van der Waals surface area (Å²) in [5.74, 6) is -4.05. The van der Waals surface area contributed by atoms with Crippen LogP contribution in [0.15, 0.2) is 40.8 Å². The molecule has 0 aliphatic rings. The minimum absolute atomic E-state index is 0.0398. The molecule has 0 bridgehead atoms.